The summed E-state index contributed by atoms with van der Waals surface area (Å²) >= 11 is 2.25. The third kappa shape index (κ3) is 2.48. The second-order valence-electron chi connectivity index (χ2n) is 3.25. The molecular weight excluding hydrogens is 295 g/mol. The summed E-state index contributed by atoms with van der Waals surface area (Å²) in [7, 11) is 0. The van der Waals surface area contributed by atoms with Gasteiger partial charge in [-0.2, -0.15) is 0 Å². The Morgan fingerprint density at radius 2 is 1.47 bits per heavy atom. The Bertz CT molecular complexity index is 458. The smallest absolute Gasteiger partial charge is 0.0111 e. The van der Waals surface area contributed by atoms with Crippen molar-refractivity contribution < 1.29 is 0 Å². The van der Waals surface area contributed by atoms with Crippen LogP contribution in [0.15, 0.2) is 58.7 Å². The van der Waals surface area contributed by atoms with Gasteiger partial charge in [0.05, 0.1) is 0 Å². The molecule has 74 valence electrons. The Morgan fingerprint density at radius 1 is 0.800 bits per heavy atom. The van der Waals surface area contributed by atoms with E-state index in [1.54, 1.807) is 0 Å². The van der Waals surface area contributed by atoms with Gasteiger partial charge >= 0.3 is 0 Å². The molecule has 2 aromatic rings. The van der Waals surface area contributed by atoms with Gasteiger partial charge in [0.15, 0.2) is 0 Å². The zero-order valence-electron chi connectivity index (χ0n) is 8.23. The van der Waals surface area contributed by atoms with Crippen molar-refractivity contribution in [3.8, 4) is 11.1 Å². The largest absolute Gasteiger partial charge is 0.0622 e. The lowest BCUT2D eigenvalue weighted by atomic mass is 10.00. The van der Waals surface area contributed by atoms with Gasteiger partial charge in [0.25, 0.3) is 0 Å². The summed E-state index contributed by atoms with van der Waals surface area (Å²) in [6, 6.07) is 18.9. The number of hydrogen-bond acceptors (Lipinski definition) is 0. The van der Waals surface area contributed by atoms with Gasteiger partial charge in [-0.3, -0.25) is 0 Å². The molecule has 0 aromatic heterocycles. The van der Waals surface area contributed by atoms with E-state index in [0.717, 1.165) is 0 Å². The second kappa shape index (κ2) is 5.12. The summed E-state index contributed by atoms with van der Waals surface area (Å²) in [6.07, 6.45) is 2.13. The molecule has 0 atom stereocenters. The predicted molar refractivity (Wildman–Crippen MR) is 74.9 cm³/mol. The van der Waals surface area contributed by atoms with E-state index in [1.807, 2.05) is 10.1 Å². The maximum Gasteiger partial charge on any atom is -0.0111 e. The fraction of sp³-hybridized carbons (Fsp3) is 0. The minimum absolute atomic E-state index is 1.26. The van der Waals surface area contributed by atoms with Crippen LogP contribution in [-0.2, 0) is 0 Å². The monoisotopic (exact) mass is 306 g/mol. The highest BCUT2D eigenvalue weighted by molar-refractivity contribution is 14.1. The second-order valence-corrected chi connectivity index (χ2v) is 3.97. The minimum atomic E-state index is 1.26. The molecule has 0 aliphatic rings. The zero-order valence-corrected chi connectivity index (χ0v) is 10.4. The predicted octanol–water partition coefficient (Wildman–Crippen LogP) is 4.76. The number of benzene rings is 2. The summed E-state index contributed by atoms with van der Waals surface area (Å²) in [5.41, 5.74) is 3.81. The van der Waals surface area contributed by atoms with E-state index in [2.05, 4.69) is 77.2 Å². The molecule has 15 heavy (non-hydrogen) atoms. The third-order valence-electron chi connectivity index (χ3n) is 2.29. The van der Waals surface area contributed by atoms with Gasteiger partial charge in [0.2, 0.25) is 0 Å². The van der Waals surface area contributed by atoms with Crippen LogP contribution in [-0.4, -0.2) is 0 Å². The van der Waals surface area contributed by atoms with Crippen LogP contribution in [0, 0.1) is 0 Å². The molecule has 0 aliphatic heterocycles. The molecule has 0 aliphatic carbocycles. The molecule has 0 spiro atoms. The van der Waals surface area contributed by atoms with E-state index in [1.165, 1.54) is 16.7 Å². The molecule has 0 saturated carbocycles. The maximum absolute atomic E-state index is 2.25. The highest BCUT2D eigenvalue weighted by Crippen LogP contribution is 2.24. The first-order valence-electron chi connectivity index (χ1n) is 4.83. The van der Waals surface area contributed by atoms with Crippen LogP contribution in [0.2, 0.25) is 0 Å². The summed E-state index contributed by atoms with van der Waals surface area (Å²) in [5.74, 6) is 0. The lowest BCUT2D eigenvalue weighted by molar-refractivity contribution is 1.59. The van der Waals surface area contributed by atoms with Crippen LogP contribution in [0.3, 0.4) is 0 Å². The zero-order chi connectivity index (χ0) is 10.5. The van der Waals surface area contributed by atoms with Gasteiger partial charge in [-0.1, -0.05) is 77.2 Å². The van der Waals surface area contributed by atoms with Gasteiger partial charge in [-0.25, -0.2) is 0 Å². The van der Waals surface area contributed by atoms with E-state index in [9.17, 15) is 0 Å². The number of hydrogen-bond donors (Lipinski definition) is 0. The van der Waals surface area contributed by atoms with Crippen molar-refractivity contribution in [3.05, 3.63) is 64.2 Å². The van der Waals surface area contributed by atoms with Crippen molar-refractivity contribution in [1.29, 1.82) is 0 Å². The van der Waals surface area contributed by atoms with Crippen molar-refractivity contribution >= 4 is 28.7 Å². The van der Waals surface area contributed by atoms with Gasteiger partial charge < -0.3 is 0 Å². The fourth-order valence-corrected chi connectivity index (χ4v) is 1.98. The standard InChI is InChI=1S/C14H11I/c15-11-10-13-8-4-5-9-14(13)12-6-2-1-3-7-12/h1-11H/b11-10-. The van der Waals surface area contributed by atoms with Gasteiger partial charge in [0, 0.05) is 0 Å². The Kier molecular flexibility index (Phi) is 3.56. The lowest BCUT2D eigenvalue weighted by Gasteiger charge is -2.05. The molecule has 0 nitrogen and oxygen atoms in total. The molecule has 2 aromatic carbocycles. The summed E-state index contributed by atoms with van der Waals surface area (Å²) < 4.78 is 2.04. The SMILES string of the molecule is I/C=C\c1ccccc1-c1ccccc1. The molecular formula is C14H11I. The molecule has 0 amide bonds. The first kappa shape index (κ1) is 10.4. The molecule has 0 radical (unpaired) electrons. The van der Waals surface area contributed by atoms with E-state index in [-0.39, 0.29) is 0 Å². The topological polar surface area (TPSA) is 0 Å². The molecule has 0 heterocycles. The van der Waals surface area contributed by atoms with Crippen LogP contribution < -0.4 is 0 Å². The lowest BCUT2D eigenvalue weighted by Crippen LogP contribution is -1.81. The molecule has 2 rings (SSSR count). The van der Waals surface area contributed by atoms with Crippen molar-refractivity contribution in [2.45, 2.75) is 0 Å². The molecule has 0 N–H and O–H groups in total. The fourth-order valence-electron chi connectivity index (χ4n) is 1.59. The summed E-state index contributed by atoms with van der Waals surface area (Å²) in [5, 5.41) is 0. The van der Waals surface area contributed by atoms with Crippen molar-refractivity contribution in [2.24, 2.45) is 0 Å². The van der Waals surface area contributed by atoms with Crippen molar-refractivity contribution in [2.75, 3.05) is 0 Å². The molecule has 0 saturated heterocycles. The van der Waals surface area contributed by atoms with Crippen molar-refractivity contribution in [3.63, 3.8) is 0 Å². The third-order valence-corrected chi connectivity index (χ3v) is 2.65. The van der Waals surface area contributed by atoms with Crippen LogP contribution in [0.1, 0.15) is 5.56 Å². The van der Waals surface area contributed by atoms with Crippen LogP contribution in [0.4, 0.5) is 0 Å². The highest BCUT2D eigenvalue weighted by Gasteiger charge is 1.99. The van der Waals surface area contributed by atoms with Crippen LogP contribution in [0.5, 0.6) is 0 Å². The normalized spacial score (nSPS) is 10.7. The average molecular weight is 306 g/mol. The Labute approximate surface area is 104 Å². The molecule has 0 unspecified atom stereocenters. The molecule has 1 heteroatoms. The van der Waals surface area contributed by atoms with E-state index in [4.69, 9.17) is 0 Å². The first-order valence-corrected chi connectivity index (χ1v) is 6.07. The average Bonchev–Trinajstić information content (AvgIpc) is 2.31. The first-order chi connectivity index (χ1) is 7.42. The quantitative estimate of drug-likeness (QED) is 0.702. The highest BCUT2D eigenvalue weighted by atomic mass is 127. The maximum atomic E-state index is 2.25. The summed E-state index contributed by atoms with van der Waals surface area (Å²) in [6.45, 7) is 0. The molecule has 0 bridgehead atoms. The van der Waals surface area contributed by atoms with Gasteiger partial charge in [-0.15, -0.1) is 0 Å². The van der Waals surface area contributed by atoms with Gasteiger partial charge in [-0.05, 0) is 26.8 Å². The summed E-state index contributed by atoms with van der Waals surface area (Å²) in [4.78, 5) is 0. The van der Waals surface area contributed by atoms with Crippen molar-refractivity contribution in [1.82, 2.24) is 0 Å². The van der Waals surface area contributed by atoms with Gasteiger partial charge in [0.1, 0.15) is 0 Å². The van der Waals surface area contributed by atoms with E-state index >= 15 is 0 Å². The molecule has 0 fully saturated rings. The van der Waals surface area contributed by atoms with Crippen LogP contribution in [0.25, 0.3) is 17.2 Å². The minimum Gasteiger partial charge on any atom is -0.0622 e. The number of halogens is 1. The Morgan fingerprint density at radius 3 is 2.20 bits per heavy atom. The van der Waals surface area contributed by atoms with E-state index in [0.29, 0.717) is 0 Å². The number of rotatable bonds is 2. The van der Waals surface area contributed by atoms with E-state index < -0.39 is 0 Å². The Balaban J connectivity index is 2.53. The Hall–Kier alpha value is -1.09. The van der Waals surface area contributed by atoms with Crippen LogP contribution >= 0.6 is 22.6 Å².